The fourth-order valence-corrected chi connectivity index (χ4v) is 4.89. The number of ether oxygens (including phenoxy) is 1. The molecule has 0 radical (unpaired) electrons. The summed E-state index contributed by atoms with van der Waals surface area (Å²) in [6.07, 6.45) is -3.22. The first-order valence-corrected chi connectivity index (χ1v) is 11.3. The van der Waals surface area contributed by atoms with E-state index >= 15 is 0 Å². The lowest BCUT2D eigenvalue weighted by molar-refractivity contribution is -0.137. The van der Waals surface area contributed by atoms with Crippen LogP contribution in [0.5, 0.6) is 5.75 Å². The Morgan fingerprint density at radius 3 is 2.54 bits per heavy atom. The van der Waals surface area contributed by atoms with Crippen LogP contribution in [0.2, 0.25) is 0 Å². The lowest BCUT2D eigenvalue weighted by Gasteiger charge is -2.22. The Kier molecular flexibility index (Phi) is 5.79. The topological polar surface area (TPSA) is 67.6 Å². The third kappa shape index (κ3) is 4.16. The number of β-amino-alcohol motifs (C(OH)–C–C–N with tert-alkyl or cyclic N) is 1. The third-order valence-electron chi connectivity index (χ3n) is 6.62. The van der Waals surface area contributed by atoms with Crippen LogP contribution in [-0.2, 0) is 19.0 Å². The zero-order valence-electron chi connectivity index (χ0n) is 18.9. The van der Waals surface area contributed by atoms with E-state index in [1.165, 1.54) is 31.4 Å². The molecule has 0 saturated carbocycles. The standard InChI is InChI=1S/C25H23F4N3O3/c1-35-22-8-5-14(11-20(22)26)23-17-3-2-4-18(17)24(34)32(30-23)21-12-15(31-10-9-16(33)13-31)6-7-19(21)25(27,28)29/h5-8,11-12,16,33H,2-4,9-10,13H2,1H3. The Balaban J connectivity index is 1.73. The molecule has 2 aliphatic rings. The van der Waals surface area contributed by atoms with E-state index < -0.39 is 34.9 Å². The highest BCUT2D eigenvalue weighted by Gasteiger charge is 2.36. The van der Waals surface area contributed by atoms with Gasteiger partial charge in [-0.25, -0.2) is 4.39 Å². The molecular weight excluding hydrogens is 466 g/mol. The van der Waals surface area contributed by atoms with Gasteiger partial charge in [-0.3, -0.25) is 4.79 Å². The lowest BCUT2D eigenvalue weighted by atomic mass is 10.0. The Morgan fingerprint density at radius 2 is 1.89 bits per heavy atom. The minimum Gasteiger partial charge on any atom is -0.494 e. The van der Waals surface area contributed by atoms with Gasteiger partial charge in [0.15, 0.2) is 11.6 Å². The van der Waals surface area contributed by atoms with Crippen molar-refractivity contribution in [3.8, 4) is 22.7 Å². The van der Waals surface area contributed by atoms with Gasteiger partial charge in [-0.1, -0.05) is 0 Å². The normalized spacial score (nSPS) is 17.7. The van der Waals surface area contributed by atoms with Crippen LogP contribution in [0.15, 0.2) is 41.2 Å². The Morgan fingerprint density at radius 1 is 1.11 bits per heavy atom. The largest absolute Gasteiger partial charge is 0.494 e. The second-order valence-electron chi connectivity index (χ2n) is 8.81. The molecule has 0 spiro atoms. The van der Waals surface area contributed by atoms with E-state index in [1.807, 2.05) is 0 Å². The highest BCUT2D eigenvalue weighted by atomic mass is 19.4. The van der Waals surface area contributed by atoms with Crippen molar-refractivity contribution >= 4 is 5.69 Å². The first-order chi connectivity index (χ1) is 16.7. The maximum atomic E-state index is 14.5. The number of nitrogens with zero attached hydrogens (tertiary/aromatic N) is 3. The quantitative estimate of drug-likeness (QED) is 0.559. The van der Waals surface area contributed by atoms with Gasteiger partial charge in [-0.2, -0.15) is 23.0 Å². The van der Waals surface area contributed by atoms with Crippen molar-refractivity contribution in [1.82, 2.24) is 9.78 Å². The second-order valence-corrected chi connectivity index (χ2v) is 8.81. The summed E-state index contributed by atoms with van der Waals surface area (Å²) in [7, 11) is 1.33. The number of benzene rings is 2. The molecule has 1 atom stereocenters. The van der Waals surface area contributed by atoms with Crippen LogP contribution in [0.25, 0.3) is 16.9 Å². The number of alkyl halides is 3. The Bertz CT molecular complexity index is 1350. The van der Waals surface area contributed by atoms with Gasteiger partial charge in [-0.15, -0.1) is 0 Å². The van der Waals surface area contributed by atoms with E-state index in [4.69, 9.17) is 4.74 Å². The van der Waals surface area contributed by atoms with E-state index in [9.17, 15) is 27.5 Å². The first-order valence-electron chi connectivity index (χ1n) is 11.3. The van der Waals surface area contributed by atoms with Crippen LogP contribution in [0.1, 0.15) is 29.5 Å². The molecule has 2 aromatic carbocycles. The number of fused-ring (bicyclic) bond motifs is 1. The molecule has 3 aromatic rings. The SMILES string of the molecule is COc1ccc(-c2nn(-c3cc(N4CCC(O)C4)ccc3C(F)(F)F)c(=O)c3c2CCC3)cc1F. The molecule has 1 aliphatic heterocycles. The number of aliphatic hydroxyl groups is 1. The summed E-state index contributed by atoms with van der Waals surface area (Å²) in [5.74, 6) is -0.611. The number of anilines is 1. The summed E-state index contributed by atoms with van der Waals surface area (Å²) in [4.78, 5) is 15.1. The molecule has 1 aliphatic carbocycles. The molecule has 0 amide bonds. The summed E-state index contributed by atoms with van der Waals surface area (Å²) < 4.78 is 62.3. The van der Waals surface area contributed by atoms with Crippen molar-refractivity contribution < 1.29 is 27.4 Å². The lowest BCUT2D eigenvalue weighted by Crippen LogP contribution is -2.29. The summed E-state index contributed by atoms with van der Waals surface area (Å²) in [6, 6.07) is 7.76. The smallest absolute Gasteiger partial charge is 0.418 e. The molecule has 0 bridgehead atoms. The van der Waals surface area contributed by atoms with Gasteiger partial charge in [0.1, 0.15) is 0 Å². The Labute approximate surface area is 198 Å². The minimum absolute atomic E-state index is 0.0265. The van der Waals surface area contributed by atoms with E-state index in [0.29, 0.717) is 54.6 Å². The zero-order chi connectivity index (χ0) is 24.9. The zero-order valence-corrected chi connectivity index (χ0v) is 18.9. The first kappa shape index (κ1) is 23.3. The van der Waals surface area contributed by atoms with Crippen molar-refractivity contribution in [2.45, 2.75) is 38.0 Å². The minimum atomic E-state index is -4.73. The average molecular weight is 489 g/mol. The number of hydrogen-bond donors (Lipinski definition) is 1. The van der Waals surface area contributed by atoms with Crippen LogP contribution in [0.4, 0.5) is 23.2 Å². The van der Waals surface area contributed by atoms with Gasteiger partial charge < -0.3 is 14.7 Å². The van der Waals surface area contributed by atoms with Gasteiger partial charge in [0.2, 0.25) is 0 Å². The van der Waals surface area contributed by atoms with Crippen LogP contribution in [-0.4, -0.2) is 41.2 Å². The number of hydrogen-bond acceptors (Lipinski definition) is 5. The number of halogens is 4. The summed E-state index contributed by atoms with van der Waals surface area (Å²) in [5.41, 5.74) is 0.0859. The van der Waals surface area contributed by atoms with E-state index in [-0.39, 0.29) is 18.0 Å². The van der Waals surface area contributed by atoms with Gasteiger partial charge >= 0.3 is 6.18 Å². The molecule has 184 valence electrons. The average Bonchev–Trinajstić information content (AvgIpc) is 3.48. The number of aliphatic hydroxyl groups excluding tert-OH is 1. The van der Waals surface area contributed by atoms with E-state index in [2.05, 4.69) is 5.10 Å². The molecule has 2 heterocycles. The molecule has 1 saturated heterocycles. The van der Waals surface area contributed by atoms with Crippen LogP contribution < -0.4 is 15.2 Å². The molecule has 10 heteroatoms. The van der Waals surface area contributed by atoms with Gasteiger partial charge in [0, 0.05) is 29.9 Å². The second kappa shape index (κ2) is 8.67. The van der Waals surface area contributed by atoms with Crippen LogP contribution in [0, 0.1) is 5.82 Å². The number of rotatable bonds is 4. The summed E-state index contributed by atoms with van der Waals surface area (Å²) in [5, 5.41) is 14.2. The summed E-state index contributed by atoms with van der Waals surface area (Å²) >= 11 is 0. The Hall–Kier alpha value is -3.40. The van der Waals surface area contributed by atoms with Crippen molar-refractivity contribution in [3.63, 3.8) is 0 Å². The van der Waals surface area contributed by atoms with Gasteiger partial charge in [0.05, 0.1) is 30.2 Å². The fourth-order valence-electron chi connectivity index (χ4n) is 4.89. The third-order valence-corrected chi connectivity index (χ3v) is 6.62. The van der Waals surface area contributed by atoms with Crippen molar-refractivity contribution in [2.75, 3.05) is 25.1 Å². The van der Waals surface area contributed by atoms with E-state index in [0.717, 1.165) is 10.7 Å². The fraction of sp³-hybridized carbons (Fsp3) is 0.360. The maximum Gasteiger partial charge on any atom is 0.418 e. The van der Waals surface area contributed by atoms with Crippen LogP contribution in [0.3, 0.4) is 0 Å². The molecule has 1 N–H and O–H groups in total. The van der Waals surface area contributed by atoms with E-state index in [1.54, 1.807) is 11.0 Å². The molecular formula is C25H23F4N3O3. The highest BCUT2D eigenvalue weighted by molar-refractivity contribution is 5.67. The molecule has 35 heavy (non-hydrogen) atoms. The number of aromatic nitrogens is 2. The monoisotopic (exact) mass is 489 g/mol. The molecule has 1 aromatic heterocycles. The van der Waals surface area contributed by atoms with Gasteiger partial charge in [-0.05, 0) is 67.6 Å². The predicted molar refractivity (Wildman–Crippen MR) is 122 cm³/mol. The van der Waals surface area contributed by atoms with Crippen molar-refractivity contribution in [3.05, 3.63) is 69.3 Å². The summed E-state index contributed by atoms with van der Waals surface area (Å²) in [6.45, 7) is 0.766. The predicted octanol–water partition coefficient (Wildman–Crippen LogP) is 4.13. The maximum absolute atomic E-state index is 14.5. The molecule has 6 nitrogen and oxygen atoms in total. The molecule has 1 fully saturated rings. The van der Waals surface area contributed by atoms with Crippen molar-refractivity contribution in [2.24, 2.45) is 0 Å². The number of methoxy groups -OCH3 is 1. The highest BCUT2D eigenvalue weighted by Crippen LogP contribution is 2.37. The molecule has 5 rings (SSSR count). The van der Waals surface area contributed by atoms with Gasteiger partial charge in [0.25, 0.3) is 5.56 Å². The van der Waals surface area contributed by atoms with Crippen LogP contribution >= 0.6 is 0 Å². The van der Waals surface area contributed by atoms with Crippen molar-refractivity contribution in [1.29, 1.82) is 0 Å². The molecule has 1 unspecified atom stereocenters.